The van der Waals surface area contributed by atoms with E-state index in [4.69, 9.17) is 9.47 Å². The number of para-hydroxylation sites is 1. The number of rotatable bonds is 8. The van der Waals surface area contributed by atoms with Crippen LogP contribution >= 0.6 is 0 Å². The van der Waals surface area contributed by atoms with Crippen LogP contribution in [0.5, 0.6) is 5.75 Å². The fourth-order valence-electron chi connectivity index (χ4n) is 3.20. The number of nitrogens with zero attached hydrogens (tertiary/aromatic N) is 3. The summed E-state index contributed by atoms with van der Waals surface area (Å²) < 4.78 is 12.5. The molecule has 0 saturated heterocycles. The second kappa shape index (κ2) is 10.1. The molecule has 3 aromatic rings. The maximum absolute atomic E-state index is 13.1. The molecule has 0 N–H and O–H groups in total. The molecule has 7 heteroatoms. The predicted molar refractivity (Wildman–Crippen MR) is 122 cm³/mol. The van der Waals surface area contributed by atoms with Gasteiger partial charge in [0.15, 0.2) is 12.4 Å². The summed E-state index contributed by atoms with van der Waals surface area (Å²) >= 11 is 0. The van der Waals surface area contributed by atoms with E-state index in [2.05, 4.69) is 5.10 Å². The summed E-state index contributed by atoms with van der Waals surface area (Å²) in [6.07, 6.45) is 1.59. The van der Waals surface area contributed by atoms with Crippen LogP contribution in [0.3, 0.4) is 0 Å². The van der Waals surface area contributed by atoms with Gasteiger partial charge in [-0.25, -0.2) is 9.48 Å². The van der Waals surface area contributed by atoms with E-state index in [9.17, 15) is 9.59 Å². The standard InChI is InChI=1S/C25H29N3O4/c1-5-31-24(30)23-21(17-28(26-23)20-14-10-7-11-15-20)32-18-22(29)27(25(2,3)4)16-19-12-8-6-9-13-19/h6-15,17H,5,16,18H2,1-4H3. The highest BCUT2D eigenvalue weighted by Crippen LogP contribution is 2.22. The number of aromatic nitrogens is 2. The first kappa shape index (κ1) is 23.1. The van der Waals surface area contributed by atoms with Crippen molar-refractivity contribution in [3.8, 4) is 11.4 Å². The summed E-state index contributed by atoms with van der Waals surface area (Å²) in [4.78, 5) is 27.3. The Morgan fingerprint density at radius 3 is 2.22 bits per heavy atom. The molecule has 0 aliphatic heterocycles. The van der Waals surface area contributed by atoms with Crippen LogP contribution in [-0.4, -0.2) is 45.3 Å². The highest BCUT2D eigenvalue weighted by Gasteiger charge is 2.28. The Hall–Kier alpha value is -3.61. The minimum atomic E-state index is -0.596. The molecule has 168 valence electrons. The fourth-order valence-corrected chi connectivity index (χ4v) is 3.20. The number of hydrogen-bond donors (Lipinski definition) is 0. The Morgan fingerprint density at radius 1 is 1.00 bits per heavy atom. The van der Waals surface area contributed by atoms with Gasteiger partial charge in [-0.15, -0.1) is 0 Å². The second-order valence-electron chi connectivity index (χ2n) is 8.27. The maximum atomic E-state index is 13.1. The van der Waals surface area contributed by atoms with Crippen LogP contribution in [0.25, 0.3) is 5.69 Å². The van der Waals surface area contributed by atoms with Crippen molar-refractivity contribution in [3.63, 3.8) is 0 Å². The number of carbonyl (C=O) groups is 2. The van der Waals surface area contributed by atoms with Crippen molar-refractivity contribution in [2.45, 2.75) is 39.8 Å². The molecule has 1 amide bonds. The lowest BCUT2D eigenvalue weighted by Crippen LogP contribution is -2.47. The molecule has 0 spiro atoms. The van der Waals surface area contributed by atoms with Crippen molar-refractivity contribution in [2.24, 2.45) is 0 Å². The molecule has 0 bridgehead atoms. The van der Waals surface area contributed by atoms with Gasteiger partial charge in [-0.3, -0.25) is 4.79 Å². The van der Waals surface area contributed by atoms with E-state index < -0.39 is 11.5 Å². The van der Waals surface area contributed by atoms with Crippen molar-refractivity contribution in [2.75, 3.05) is 13.2 Å². The third kappa shape index (κ3) is 5.75. The van der Waals surface area contributed by atoms with Gasteiger partial charge in [-0.1, -0.05) is 48.5 Å². The van der Waals surface area contributed by atoms with E-state index in [-0.39, 0.29) is 30.6 Å². The van der Waals surface area contributed by atoms with Crippen LogP contribution in [0, 0.1) is 0 Å². The number of esters is 1. The molecule has 0 saturated carbocycles. The summed E-state index contributed by atoms with van der Waals surface area (Å²) in [6.45, 7) is 8.10. The van der Waals surface area contributed by atoms with Gasteiger partial charge < -0.3 is 14.4 Å². The van der Waals surface area contributed by atoms with Gasteiger partial charge in [-0.2, -0.15) is 5.10 Å². The lowest BCUT2D eigenvalue weighted by atomic mass is 10.0. The summed E-state index contributed by atoms with van der Waals surface area (Å²) in [5.74, 6) is -0.584. The molecule has 2 aromatic carbocycles. The van der Waals surface area contributed by atoms with Crippen LogP contribution in [0.2, 0.25) is 0 Å². The van der Waals surface area contributed by atoms with Gasteiger partial charge in [-0.05, 0) is 45.4 Å². The number of carbonyl (C=O) groups excluding carboxylic acids is 2. The van der Waals surface area contributed by atoms with E-state index >= 15 is 0 Å². The van der Waals surface area contributed by atoms with E-state index in [0.717, 1.165) is 11.3 Å². The van der Waals surface area contributed by atoms with Gasteiger partial charge in [0, 0.05) is 12.1 Å². The van der Waals surface area contributed by atoms with E-state index in [1.807, 2.05) is 81.4 Å². The molecule has 0 fully saturated rings. The highest BCUT2D eigenvalue weighted by atomic mass is 16.5. The van der Waals surface area contributed by atoms with Crippen molar-refractivity contribution in [1.82, 2.24) is 14.7 Å². The molecule has 0 unspecified atom stereocenters. The molecule has 32 heavy (non-hydrogen) atoms. The van der Waals surface area contributed by atoms with Gasteiger partial charge in [0.1, 0.15) is 0 Å². The quantitative estimate of drug-likeness (QED) is 0.495. The molecule has 1 aromatic heterocycles. The smallest absolute Gasteiger partial charge is 0.362 e. The van der Waals surface area contributed by atoms with E-state index in [1.54, 1.807) is 18.0 Å². The second-order valence-corrected chi connectivity index (χ2v) is 8.27. The van der Waals surface area contributed by atoms with E-state index in [0.29, 0.717) is 6.54 Å². The molecule has 1 heterocycles. The van der Waals surface area contributed by atoms with Crippen LogP contribution in [0.4, 0.5) is 0 Å². The van der Waals surface area contributed by atoms with Crippen molar-refractivity contribution in [3.05, 3.63) is 78.1 Å². The average molecular weight is 436 g/mol. The topological polar surface area (TPSA) is 73.7 Å². The molecular formula is C25H29N3O4. The third-order valence-electron chi connectivity index (χ3n) is 4.82. The largest absolute Gasteiger partial charge is 0.480 e. The summed E-state index contributed by atoms with van der Waals surface area (Å²) in [6, 6.07) is 19.1. The zero-order valence-electron chi connectivity index (χ0n) is 18.9. The molecule has 0 atom stereocenters. The number of amides is 1. The minimum Gasteiger partial charge on any atom is -0.480 e. The molecule has 3 rings (SSSR count). The van der Waals surface area contributed by atoms with Crippen LogP contribution in [-0.2, 0) is 16.1 Å². The van der Waals surface area contributed by atoms with E-state index in [1.165, 1.54) is 4.68 Å². The first-order valence-corrected chi connectivity index (χ1v) is 10.6. The molecule has 0 radical (unpaired) electrons. The summed E-state index contributed by atoms with van der Waals surface area (Å²) in [7, 11) is 0. The maximum Gasteiger partial charge on any atom is 0.362 e. The number of hydrogen-bond acceptors (Lipinski definition) is 5. The molecule has 0 aliphatic carbocycles. The monoisotopic (exact) mass is 435 g/mol. The van der Waals surface area contributed by atoms with Gasteiger partial charge in [0.05, 0.1) is 18.5 Å². The Balaban J connectivity index is 1.81. The number of ether oxygens (including phenoxy) is 2. The fraction of sp³-hybridized carbons (Fsp3) is 0.320. The lowest BCUT2D eigenvalue weighted by Gasteiger charge is -2.35. The molecular weight excluding hydrogens is 406 g/mol. The first-order valence-electron chi connectivity index (χ1n) is 10.6. The molecule has 7 nitrogen and oxygen atoms in total. The Kier molecular flexibility index (Phi) is 7.30. The van der Waals surface area contributed by atoms with Crippen molar-refractivity contribution in [1.29, 1.82) is 0 Å². The van der Waals surface area contributed by atoms with Gasteiger partial charge in [0.2, 0.25) is 5.69 Å². The zero-order chi connectivity index (χ0) is 23.1. The Labute approximate surface area is 188 Å². The predicted octanol–water partition coefficient (Wildman–Crippen LogP) is 4.26. The van der Waals surface area contributed by atoms with Gasteiger partial charge in [0.25, 0.3) is 5.91 Å². The number of benzene rings is 2. The van der Waals surface area contributed by atoms with Crippen LogP contribution < -0.4 is 4.74 Å². The Morgan fingerprint density at radius 2 is 1.62 bits per heavy atom. The van der Waals surface area contributed by atoms with Crippen LogP contribution in [0.1, 0.15) is 43.7 Å². The van der Waals surface area contributed by atoms with Crippen molar-refractivity contribution < 1.29 is 19.1 Å². The zero-order valence-corrected chi connectivity index (χ0v) is 18.9. The van der Waals surface area contributed by atoms with Crippen molar-refractivity contribution >= 4 is 11.9 Å². The lowest BCUT2D eigenvalue weighted by molar-refractivity contribution is -0.139. The normalized spacial score (nSPS) is 11.1. The first-order chi connectivity index (χ1) is 15.3. The van der Waals surface area contributed by atoms with Crippen LogP contribution in [0.15, 0.2) is 66.9 Å². The SMILES string of the molecule is CCOC(=O)c1nn(-c2ccccc2)cc1OCC(=O)N(Cc1ccccc1)C(C)(C)C. The van der Waals surface area contributed by atoms with Gasteiger partial charge >= 0.3 is 5.97 Å². The third-order valence-corrected chi connectivity index (χ3v) is 4.82. The Bertz CT molecular complexity index is 1040. The highest BCUT2D eigenvalue weighted by molar-refractivity contribution is 5.90. The summed E-state index contributed by atoms with van der Waals surface area (Å²) in [5, 5.41) is 4.33. The molecule has 0 aliphatic rings. The summed E-state index contributed by atoms with van der Waals surface area (Å²) in [5.41, 5.74) is 1.42. The minimum absolute atomic E-state index is 0.0360. The average Bonchev–Trinajstić information content (AvgIpc) is 3.21.